The van der Waals surface area contributed by atoms with Crippen LogP contribution in [-0.4, -0.2) is 11.3 Å². The van der Waals surface area contributed by atoms with Gasteiger partial charge in [0, 0.05) is 40.3 Å². The van der Waals surface area contributed by atoms with Crippen molar-refractivity contribution in [3.05, 3.63) is 69.2 Å². The molecule has 0 bridgehead atoms. The minimum absolute atomic E-state index is 0.162. The van der Waals surface area contributed by atoms with Crippen molar-refractivity contribution in [2.24, 2.45) is 0 Å². The summed E-state index contributed by atoms with van der Waals surface area (Å²) < 4.78 is 0. The Bertz CT molecular complexity index is 951. The summed E-state index contributed by atoms with van der Waals surface area (Å²) in [6.45, 7) is 8.08. The second-order valence-electron chi connectivity index (χ2n) is 6.85. The van der Waals surface area contributed by atoms with Gasteiger partial charge in [0.25, 0.3) is 0 Å². The van der Waals surface area contributed by atoms with Gasteiger partial charge >= 0.3 is 0 Å². The van der Waals surface area contributed by atoms with Crippen molar-refractivity contribution in [1.82, 2.24) is 4.98 Å². The number of aromatic nitrogens is 1. The predicted octanol–water partition coefficient (Wildman–Crippen LogP) is 4.55. The maximum Gasteiger partial charge on any atom is 0.148 e. The zero-order chi connectivity index (χ0) is 18.8. The number of pyridine rings is 1. The van der Waals surface area contributed by atoms with Crippen LogP contribution >= 0.6 is 0 Å². The Balaban J connectivity index is 2.32. The van der Waals surface area contributed by atoms with Crippen LogP contribution in [0, 0.1) is 25.2 Å². The van der Waals surface area contributed by atoms with Crippen molar-refractivity contribution >= 4 is 12.0 Å². The standard InChI is InChI=1S/C22H23N3O/c1-5-6-17-9-16(10-23)7-8-18(17)21-19(12-26)14(3)25-22-13(2)11-24-15(4)20(21)22/h7-9,11-12,21,25H,5-6H2,1-4H3. The normalized spacial score (nSPS) is 15.9. The van der Waals surface area contributed by atoms with E-state index in [-0.39, 0.29) is 5.92 Å². The second kappa shape index (κ2) is 7.13. The molecule has 0 saturated carbocycles. The number of aryl methyl sites for hydroxylation is 3. The molecule has 0 saturated heterocycles. The molecule has 26 heavy (non-hydrogen) atoms. The Morgan fingerprint density at radius 2 is 2.08 bits per heavy atom. The van der Waals surface area contributed by atoms with Gasteiger partial charge in [0.1, 0.15) is 6.29 Å². The molecule has 0 spiro atoms. The molecular formula is C22H23N3O. The molecule has 2 heterocycles. The number of anilines is 1. The highest BCUT2D eigenvalue weighted by Crippen LogP contribution is 2.44. The van der Waals surface area contributed by atoms with Crippen LogP contribution in [0.3, 0.4) is 0 Å². The molecule has 0 fully saturated rings. The topological polar surface area (TPSA) is 65.8 Å². The molecule has 4 heteroatoms. The van der Waals surface area contributed by atoms with E-state index in [0.717, 1.165) is 64.0 Å². The molecule has 1 aromatic carbocycles. The third kappa shape index (κ3) is 2.90. The SMILES string of the molecule is CCCc1cc(C#N)ccc1C1C(C=O)=C(C)Nc2c(C)cnc(C)c21. The number of hydrogen-bond donors (Lipinski definition) is 1. The molecule has 1 aromatic heterocycles. The van der Waals surface area contributed by atoms with E-state index in [1.807, 2.05) is 45.2 Å². The Kier molecular flexibility index (Phi) is 4.90. The molecule has 132 valence electrons. The summed E-state index contributed by atoms with van der Waals surface area (Å²) in [4.78, 5) is 16.5. The van der Waals surface area contributed by atoms with E-state index in [1.54, 1.807) is 0 Å². The van der Waals surface area contributed by atoms with Crippen LogP contribution in [0.5, 0.6) is 0 Å². The molecule has 0 amide bonds. The van der Waals surface area contributed by atoms with Gasteiger partial charge in [0.05, 0.1) is 11.6 Å². The van der Waals surface area contributed by atoms with Crippen molar-refractivity contribution in [2.75, 3.05) is 5.32 Å². The summed E-state index contributed by atoms with van der Waals surface area (Å²) in [5.74, 6) is -0.162. The van der Waals surface area contributed by atoms with Gasteiger partial charge in [-0.05, 0) is 56.0 Å². The molecule has 1 atom stereocenters. The van der Waals surface area contributed by atoms with Crippen molar-refractivity contribution in [3.8, 4) is 6.07 Å². The molecule has 1 unspecified atom stereocenters. The average Bonchev–Trinajstić information content (AvgIpc) is 2.64. The fraction of sp³-hybridized carbons (Fsp3) is 0.318. The Morgan fingerprint density at radius 3 is 2.73 bits per heavy atom. The first-order chi connectivity index (χ1) is 12.5. The highest BCUT2D eigenvalue weighted by molar-refractivity contribution is 5.85. The molecule has 0 aliphatic carbocycles. The number of carbonyl (C=O) groups excluding carboxylic acids is 1. The minimum atomic E-state index is -0.162. The van der Waals surface area contributed by atoms with Gasteiger partial charge in [-0.25, -0.2) is 0 Å². The molecule has 3 rings (SSSR count). The first-order valence-corrected chi connectivity index (χ1v) is 8.93. The zero-order valence-corrected chi connectivity index (χ0v) is 15.7. The number of carbonyl (C=O) groups is 1. The molecule has 0 radical (unpaired) electrons. The van der Waals surface area contributed by atoms with E-state index in [0.29, 0.717) is 5.56 Å². The second-order valence-corrected chi connectivity index (χ2v) is 6.85. The first-order valence-electron chi connectivity index (χ1n) is 8.93. The van der Waals surface area contributed by atoms with Gasteiger partial charge < -0.3 is 5.32 Å². The molecule has 1 aliphatic rings. The Hall–Kier alpha value is -2.93. The lowest BCUT2D eigenvalue weighted by Crippen LogP contribution is -2.22. The maximum atomic E-state index is 12.0. The van der Waals surface area contributed by atoms with Crippen molar-refractivity contribution in [1.29, 1.82) is 5.26 Å². The number of nitriles is 1. The number of aldehydes is 1. The van der Waals surface area contributed by atoms with E-state index < -0.39 is 0 Å². The molecule has 2 aromatic rings. The van der Waals surface area contributed by atoms with Gasteiger partial charge in [-0.3, -0.25) is 9.78 Å². The third-order valence-electron chi connectivity index (χ3n) is 5.08. The molecule has 1 N–H and O–H groups in total. The van der Waals surface area contributed by atoms with Crippen molar-refractivity contribution in [3.63, 3.8) is 0 Å². The fourth-order valence-corrected chi connectivity index (χ4v) is 3.79. The van der Waals surface area contributed by atoms with Gasteiger partial charge in [-0.15, -0.1) is 0 Å². The van der Waals surface area contributed by atoms with Gasteiger partial charge in [-0.1, -0.05) is 19.4 Å². The van der Waals surface area contributed by atoms with E-state index in [2.05, 4.69) is 23.3 Å². The lowest BCUT2D eigenvalue weighted by molar-refractivity contribution is -0.105. The summed E-state index contributed by atoms with van der Waals surface area (Å²) in [6, 6.07) is 8.02. The molecular weight excluding hydrogens is 322 g/mol. The third-order valence-corrected chi connectivity index (χ3v) is 5.08. The summed E-state index contributed by atoms with van der Waals surface area (Å²) in [7, 11) is 0. The highest BCUT2D eigenvalue weighted by Gasteiger charge is 2.32. The van der Waals surface area contributed by atoms with Gasteiger partial charge in [-0.2, -0.15) is 5.26 Å². The van der Waals surface area contributed by atoms with Crippen LogP contribution in [0.2, 0.25) is 0 Å². The van der Waals surface area contributed by atoms with Crippen molar-refractivity contribution in [2.45, 2.75) is 46.5 Å². The lowest BCUT2D eigenvalue weighted by atomic mass is 9.77. The van der Waals surface area contributed by atoms with E-state index in [4.69, 9.17) is 0 Å². The number of hydrogen-bond acceptors (Lipinski definition) is 4. The van der Waals surface area contributed by atoms with Crippen LogP contribution < -0.4 is 5.32 Å². The van der Waals surface area contributed by atoms with Gasteiger partial charge in [0.15, 0.2) is 0 Å². The maximum absolute atomic E-state index is 12.0. The van der Waals surface area contributed by atoms with Crippen LogP contribution in [0.1, 0.15) is 59.7 Å². The van der Waals surface area contributed by atoms with Crippen LogP contribution in [0.4, 0.5) is 5.69 Å². The number of nitrogens with zero attached hydrogens (tertiary/aromatic N) is 2. The van der Waals surface area contributed by atoms with E-state index in [1.165, 1.54) is 0 Å². The monoisotopic (exact) mass is 345 g/mol. The fourth-order valence-electron chi connectivity index (χ4n) is 3.79. The summed E-state index contributed by atoms with van der Waals surface area (Å²) in [5.41, 5.74) is 8.54. The summed E-state index contributed by atoms with van der Waals surface area (Å²) in [5, 5.41) is 12.7. The average molecular weight is 345 g/mol. The number of nitrogens with one attached hydrogen (secondary N) is 1. The predicted molar refractivity (Wildman–Crippen MR) is 103 cm³/mol. The van der Waals surface area contributed by atoms with Gasteiger partial charge in [0.2, 0.25) is 0 Å². The van der Waals surface area contributed by atoms with Crippen LogP contribution in [-0.2, 0) is 11.2 Å². The number of fused-ring (bicyclic) bond motifs is 1. The molecule has 4 nitrogen and oxygen atoms in total. The van der Waals surface area contributed by atoms with Crippen molar-refractivity contribution < 1.29 is 4.79 Å². The first kappa shape index (κ1) is 17.9. The number of allylic oxidation sites excluding steroid dienone is 2. The van der Waals surface area contributed by atoms with Crippen LogP contribution in [0.25, 0.3) is 0 Å². The summed E-state index contributed by atoms with van der Waals surface area (Å²) >= 11 is 0. The largest absolute Gasteiger partial charge is 0.358 e. The number of benzene rings is 1. The Labute approximate surface area is 154 Å². The number of rotatable bonds is 4. The smallest absolute Gasteiger partial charge is 0.148 e. The van der Waals surface area contributed by atoms with E-state index in [9.17, 15) is 10.1 Å². The van der Waals surface area contributed by atoms with E-state index >= 15 is 0 Å². The zero-order valence-electron chi connectivity index (χ0n) is 15.7. The summed E-state index contributed by atoms with van der Waals surface area (Å²) in [6.07, 6.45) is 4.66. The Morgan fingerprint density at radius 1 is 1.31 bits per heavy atom. The minimum Gasteiger partial charge on any atom is -0.358 e. The highest BCUT2D eigenvalue weighted by atomic mass is 16.1. The van der Waals surface area contributed by atoms with Crippen LogP contribution in [0.15, 0.2) is 35.7 Å². The lowest BCUT2D eigenvalue weighted by Gasteiger charge is -2.32. The quantitative estimate of drug-likeness (QED) is 0.825. The molecule has 1 aliphatic heterocycles.